The van der Waals surface area contributed by atoms with E-state index in [1.165, 1.54) is 6.08 Å². The maximum atomic E-state index is 12.5. The standard InChI is InChI=1S/C22H27N5O2/c23-17-8-4-5-9-19(17)26-15-10-11-16(22(25)29)20(12-15)27-21(28)13-18(24)14-6-2-1-3-7-14/h1-3,6-7,10-13,17,19,26H,4-5,8-9,23-24H2,(H2,25,29)(H,27,28)/t17-,19+/m0/s1. The summed E-state index contributed by atoms with van der Waals surface area (Å²) in [6, 6.07) is 14.5. The molecule has 2 amide bonds. The van der Waals surface area contributed by atoms with Crippen molar-refractivity contribution in [2.75, 3.05) is 10.6 Å². The highest BCUT2D eigenvalue weighted by atomic mass is 16.2. The minimum Gasteiger partial charge on any atom is -0.398 e. The summed E-state index contributed by atoms with van der Waals surface area (Å²) in [6.07, 6.45) is 5.51. The average molecular weight is 393 g/mol. The van der Waals surface area contributed by atoms with Crippen LogP contribution in [-0.2, 0) is 4.79 Å². The van der Waals surface area contributed by atoms with Crippen LogP contribution in [0, 0.1) is 0 Å². The average Bonchev–Trinajstić information content (AvgIpc) is 2.70. The number of anilines is 2. The molecule has 2 aromatic carbocycles. The number of carbonyl (C=O) groups is 2. The van der Waals surface area contributed by atoms with E-state index in [-0.39, 0.29) is 17.6 Å². The fourth-order valence-corrected chi connectivity index (χ4v) is 3.53. The molecule has 1 fully saturated rings. The van der Waals surface area contributed by atoms with E-state index in [9.17, 15) is 9.59 Å². The van der Waals surface area contributed by atoms with E-state index < -0.39 is 11.8 Å². The van der Waals surface area contributed by atoms with Gasteiger partial charge in [-0.2, -0.15) is 0 Å². The van der Waals surface area contributed by atoms with Crippen LogP contribution < -0.4 is 27.8 Å². The van der Waals surface area contributed by atoms with Crippen molar-refractivity contribution in [3.05, 3.63) is 65.7 Å². The van der Waals surface area contributed by atoms with E-state index in [0.29, 0.717) is 11.4 Å². The highest BCUT2D eigenvalue weighted by Gasteiger charge is 2.22. The predicted molar refractivity (Wildman–Crippen MR) is 116 cm³/mol. The van der Waals surface area contributed by atoms with Gasteiger partial charge in [0.2, 0.25) is 5.91 Å². The molecule has 7 nitrogen and oxygen atoms in total. The third kappa shape index (κ3) is 5.36. The number of amides is 2. The van der Waals surface area contributed by atoms with Crippen molar-refractivity contribution in [1.29, 1.82) is 0 Å². The Bertz CT molecular complexity index is 911. The van der Waals surface area contributed by atoms with Crippen molar-refractivity contribution >= 4 is 28.9 Å². The van der Waals surface area contributed by atoms with E-state index >= 15 is 0 Å². The summed E-state index contributed by atoms with van der Waals surface area (Å²) < 4.78 is 0. The summed E-state index contributed by atoms with van der Waals surface area (Å²) in [5.41, 5.74) is 20.1. The van der Waals surface area contributed by atoms with Gasteiger partial charge in [0.25, 0.3) is 5.91 Å². The minimum atomic E-state index is -0.624. The molecule has 7 heteroatoms. The minimum absolute atomic E-state index is 0.0752. The molecule has 0 heterocycles. The summed E-state index contributed by atoms with van der Waals surface area (Å²) in [6.45, 7) is 0. The molecule has 2 atom stereocenters. The van der Waals surface area contributed by atoms with Gasteiger partial charge in [-0.15, -0.1) is 0 Å². The summed E-state index contributed by atoms with van der Waals surface area (Å²) in [5, 5.41) is 6.12. The Morgan fingerprint density at radius 2 is 1.72 bits per heavy atom. The molecule has 3 rings (SSSR count). The molecule has 0 saturated heterocycles. The molecular formula is C22H27N5O2. The Labute approximate surface area is 170 Å². The van der Waals surface area contributed by atoms with Crippen molar-refractivity contribution < 1.29 is 9.59 Å². The summed E-state index contributed by atoms with van der Waals surface area (Å²) in [7, 11) is 0. The van der Waals surface area contributed by atoms with E-state index in [1.807, 2.05) is 30.3 Å². The van der Waals surface area contributed by atoms with Crippen LogP contribution in [0.5, 0.6) is 0 Å². The van der Waals surface area contributed by atoms with Gasteiger partial charge in [-0.25, -0.2) is 0 Å². The summed E-state index contributed by atoms with van der Waals surface area (Å²) in [4.78, 5) is 24.3. The van der Waals surface area contributed by atoms with Gasteiger partial charge in [0.15, 0.2) is 0 Å². The van der Waals surface area contributed by atoms with Crippen molar-refractivity contribution in [3.8, 4) is 0 Å². The van der Waals surface area contributed by atoms with Crippen molar-refractivity contribution in [3.63, 3.8) is 0 Å². The number of rotatable bonds is 6. The monoisotopic (exact) mass is 393 g/mol. The maximum absolute atomic E-state index is 12.5. The lowest BCUT2D eigenvalue weighted by Gasteiger charge is -2.30. The van der Waals surface area contributed by atoms with Crippen molar-refractivity contribution in [1.82, 2.24) is 0 Å². The second-order valence-electron chi connectivity index (χ2n) is 7.28. The molecule has 1 aliphatic rings. The second-order valence-corrected chi connectivity index (χ2v) is 7.28. The molecule has 0 bridgehead atoms. The Morgan fingerprint density at radius 1 is 1.00 bits per heavy atom. The molecule has 0 unspecified atom stereocenters. The highest BCUT2D eigenvalue weighted by molar-refractivity contribution is 6.08. The first-order valence-corrected chi connectivity index (χ1v) is 9.73. The van der Waals surface area contributed by atoms with Gasteiger partial charge < -0.3 is 27.8 Å². The zero-order valence-electron chi connectivity index (χ0n) is 16.2. The van der Waals surface area contributed by atoms with Gasteiger partial charge in [0.1, 0.15) is 0 Å². The fraction of sp³-hybridized carbons (Fsp3) is 0.273. The zero-order valence-corrected chi connectivity index (χ0v) is 16.2. The molecule has 0 spiro atoms. The lowest BCUT2D eigenvalue weighted by Crippen LogP contribution is -2.42. The van der Waals surface area contributed by atoms with Crippen LogP contribution in [0.3, 0.4) is 0 Å². The van der Waals surface area contributed by atoms with Crippen LogP contribution in [0.1, 0.15) is 41.6 Å². The molecule has 2 aromatic rings. The predicted octanol–water partition coefficient (Wildman–Crippen LogP) is 2.41. The molecule has 1 aliphatic carbocycles. The Hall–Kier alpha value is -3.32. The number of benzene rings is 2. The zero-order chi connectivity index (χ0) is 20.8. The van der Waals surface area contributed by atoms with Crippen molar-refractivity contribution in [2.45, 2.75) is 37.8 Å². The van der Waals surface area contributed by atoms with Crippen LogP contribution in [0.25, 0.3) is 5.70 Å². The quantitative estimate of drug-likeness (QED) is 0.480. The third-order valence-corrected chi connectivity index (χ3v) is 5.11. The number of hydrogen-bond donors (Lipinski definition) is 5. The third-order valence-electron chi connectivity index (χ3n) is 5.11. The molecule has 29 heavy (non-hydrogen) atoms. The molecule has 1 saturated carbocycles. The summed E-state index contributed by atoms with van der Waals surface area (Å²) >= 11 is 0. The van der Waals surface area contributed by atoms with Crippen molar-refractivity contribution in [2.24, 2.45) is 17.2 Å². The van der Waals surface area contributed by atoms with Crippen LogP contribution in [0.15, 0.2) is 54.6 Å². The Balaban J connectivity index is 1.79. The second kappa shape index (κ2) is 9.25. The van der Waals surface area contributed by atoms with E-state index in [1.54, 1.807) is 18.2 Å². The largest absolute Gasteiger partial charge is 0.398 e. The topological polar surface area (TPSA) is 136 Å². The van der Waals surface area contributed by atoms with Crippen LogP contribution >= 0.6 is 0 Å². The maximum Gasteiger partial charge on any atom is 0.250 e. The first kappa shape index (κ1) is 20.4. The van der Waals surface area contributed by atoms with Gasteiger partial charge in [0.05, 0.1) is 11.3 Å². The number of carbonyl (C=O) groups excluding carboxylic acids is 2. The first-order chi connectivity index (χ1) is 13.9. The lowest BCUT2D eigenvalue weighted by atomic mass is 9.91. The van der Waals surface area contributed by atoms with Gasteiger partial charge in [-0.1, -0.05) is 43.2 Å². The molecular weight excluding hydrogens is 366 g/mol. The smallest absolute Gasteiger partial charge is 0.250 e. The fourth-order valence-electron chi connectivity index (χ4n) is 3.53. The molecule has 0 aromatic heterocycles. The van der Waals surface area contributed by atoms with Gasteiger partial charge in [-0.3, -0.25) is 9.59 Å². The molecule has 8 N–H and O–H groups in total. The lowest BCUT2D eigenvalue weighted by molar-refractivity contribution is -0.111. The first-order valence-electron chi connectivity index (χ1n) is 9.73. The molecule has 0 aliphatic heterocycles. The van der Waals surface area contributed by atoms with Gasteiger partial charge in [-0.05, 0) is 36.6 Å². The van der Waals surface area contributed by atoms with Gasteiger partial charge >= 0.3 is 0 Å². The molecule has 0 radical (unpaired) electrons. The SMILES string of the molecule is NC(=O)c1ccc(N[C@@H]2CCCC[C@@H]2N)cc1NC(=O)C=C(N)c1ccccc1. The van der Waals surface area contributed by atoms with Gasteiger partial charge in [0, 0.05) is 29.5 Å². The molecule has 152 valence electrons. The van der Waals surface area contributed by atoms with E-state index in [0.717, 1.165) is 36.9 Å². The van der Waals surface area contributed by atoms with Crippen LogP contribution in [-0.4, -0.2) is 23.9 Å². The van der Waals surface area contributed by atoms with Crippen LogP contribution in [0.2, 0.25) is 0 Å². The van der Waals surface area contributed by atoms with E-state index in [2.05, 4.69) is 10.6 Å². The number of nitrogens with one attached hydrogen (secondary N) is 2. The van der Waals surface area contributed by atoms with E-state index in [4.69, 9.17) is 17.2 Å². The highest BCUT2D eigenvalue weighted by Crippen LogP contribution is 2.25. The number of primary amides is 1. The Kier molecular flexibility index (Phi) is 6.51. The Morgan fingerprint density at radius 3 is 2.41 bits per heavy atom. The normalized spacial score (nSPS) is 19.4. The number of nitrogens with two attached hydrogens (primary N) is 3. The number of hydrogen-bond acceptors (Lipinski definition) is 5. The summed E-state index contributed by atoms with van der Waals surface area (Å²) in [5.74, 6) is -1.07. The van der Waals surface area contributed by atoms with Crippen LogP contribution in [0.4, 0.5) is 11.4 Å².